The molecule has 2 aromatic rings. The van der Waals surface area contributed by atoms with Crippen LogP contribution in [0.15, 0.2) is 36.4 Å². The lowest BCUT2D eigenvalue weighted by Crippen LogP contribution is -2.45. The molecule has 1 amide bonds. The van der Waals surface area contributed by atoms with Crippen LogP contribution in [-0.2, 0) is 0 Å². The normalized spacial score (nSPS) is 17.5. The van der Waals surface area contributed by atoms with E-state index in [-0.39, 0.29) is 17.5 Å². The molecular formula is C18H17F3N2O. The summed E-state index contributed by atoms with van der Waals surface area (Å²) in [6.45, 7) is 1.71. The van der Waals surface area contributed by atoms with Crippen molar-refractivity contribution in [1.82, 2.24) is 10.6 Å². The lowest BCUT2D eigenvalue weighted by molar-refractivity contribution is 0.0930. The van der Waals surface area contributed by atoms with E-state index in [0.29, 0.717) is 11.1 Å². The summed E-state index contributed by atoms with van der Waals surface area (Å²) >= 11 is 0. The molecule has 6 heteroatoms. The van der Waals surface area contributed by atoms with Crippen molar-refractivity contribution in [2.45, 2.75) is 18.9 Å². The summed E-state index contributed by atoms with van der Waals surface area (Å²) in [5.41, 5.74) is 1.19. The van der Waals surface area contributed by atoms with E-state index in [4.69, 9.17) is 0 Å². The molecule has 24 heavy (non-hydrogen) atoms. The van der Waals surface area contributed by atoms with Crippen LogP contribution in [-0.4, -0.2) is 25.0 Å². The summed E-state index contributed by atoms with van der Waals surface area (Å²) in [4.78, 5) is 12.2. The molecule has 1 unspecified atom stereocenters. The molecule has 3 nitrogen and oxygen atoms in total. The SMILES string of the molecule is O=C(NC1CCCNC1)c1ccc(-c2cc(F)c(F)c(F)c2)cc1. The van der Waals surface area contributed by atoms with E-state index in [0.717, 1.165) is 38.1 Å². The first kappa shape index (κ1) is 16.5. The molecular weight excluding hydrogens is 317 g/mol. The van der Waals surface area contributed by atoms with Gasteiger partial charge in [-0.2, -0.15) is 0 Å². The maximum atomic E-state index is 13.3. The molecule has 0 aromatic heterocycles. The minimum atomic E-state index is -1.49. The van der Waals surface area contributed by atoms with Crippen LogP contribution < -0.4 is 10.6 Å². The zero-order valence-corrected chi connectivity index (χ0v) is 12.9. The monoisotopic (exact) mass is 334 g/mol. The zero-order valence-electron chi connectivity index (χ0n) is 12.9. The minimum absolute atomic E-state index is 0.103. The van der Waals surface area contributed by atoms with Gasteiger partial charge in [0.05, 0.1) is 0 Å². The van der Waals surface area contributed by atoms with Crippen LogP contribution in [0.2, 0.25) is 0 Å². The largest absolute Gasteiger partial charge is 0.348 e. The molecule has 2 aromatic carbocycles. The van der Waals surface area contributed by atoms with Crippen molar-refractivity contribution in [3.05, 3.63) is 59.4 Å². The number of rotatable bonds is 3. The van der Waals surface area contributed by atoms with E-state index < -0.39 is 17.5 Å². The van der Waals surface area contributed by atoms with Crippen molar-refractivity contribution in [1.29, 1.82) is 0 Å². The van der Waals surface area contributed by atoms with Gasteiger partial charge in [-0.3, -0.25) is 4.79 Å². The van der Waals surface area contributed by atoms with E-state index in [1.807, 2.05) is 0 Å². The summed E-state index contributed by atoms with van der Waals surface area (Å²) in [6, 6.07) is 8.30. The summed E-state index contributed by atoms with van der Waals surface area (Å²) in [6.07, 6.45) is 1.95. The van der Waals surface area contributed by atoms with Crippen LogP contribution in [0.25, 0.3) is 11.1 Å². The molecule has 3 rings (SSSR count). The fourth-order valence-electron chi connectivity index (χ4n) is 2.78. The quantitative estimate of drug-likeness (QED) is 0.846. The first-order valence-corrected chi connectivity index (χ1v) is 7.81. The molecule has 126 valence electrons. The van der Waals surface area contributed by atoms with Crippen LogP contribution in [0, 0.1) is 17.5 Å². The van der Waals surface area contributed by atoms with Gasteiger partial charge in [0.25, 0.3) is 5.91 Å². The van der Waals surface area contributed by atoms with E-state index in [1.54, 1.807) is 24.3 Å². The molecule has 0 aliphatic carbocycles. The Morgan fingerprint density at radius 2 is 1.71 bits per heavy atom. The van der Waals surface area contributed by atoms with Crippen LogP contribution in [0.3, 0.4) is 0 Å². The van der Waals surface area contributed by atoms with Gasteiger partial charge < -0.3 is 10.6 Å². The topological polar surface area (TPSA) is 41.1 Å². The Kier molecular flexibility index (Phi) is 4.85. The van der Waals surface area contributed by atoms with Gasteiger partial charge in [-0.25, -0.2) is 13.2 Å². The molecule has 1 heterocycles. The second-order valence-electron chi connectivity index (χ2n) is 5.85. The molecule has 1 aliphatic heterocycles. The highest BCUT2D eigenvalue weighted by Crippen LogP contribution is 2.24. The van der Waals surface area contributed by atoms with E-state index in [2.05, 4.69) is 10.6 Å². The molecule has 2 N–H and O–H groups in total. The van der Waals surface area contributed by atoms with Gasteiger partial charge in [0.1, 0.15) is 0 Å². The highest BCUT2D eigenvalue weighted by atomic mass is 19.2. The molecule has 0 radical (unpaired) electrons. The Morgan fingerprint density at radius 1 is 1.04 bits per heavy atom. The highest BCUT2D eigenvalue weighted by molar-refractivity contribution is 5.94. The Hall–Kier alpha value is -2.34. The average molecular weight is 334 g/mol. The third kappa shape index (κ3) is 3.59. The van der Waals surface area contributed by atoms with Crippen molar-refractivity contribution in [2.24, 2.45) is 0 Å². The number of hydrogen-bond acceptors (Lipinski definition) is 2. The molecule has 1 atom stereocenters. The second kappa shape index (κ2) is 7.05. The second-order valence-corrected chi connectivity index (χ2v) is 5.85. The summed E-state index contributed by atoms with van der Waals surface area (Å²) in [5.74, 6) is -4.16. The first-order valence-electron chi connectivity index (χ1n) is 7.81. The van der Waals surface area contributed by atoms with E-state index in [9.17, 15) is 18.0 Å². The minimum Gasteiger partial charge on any atom is -0.348 e. The molecule has 1 fully saturated rings. The fraction of sp³-hybridized carbons (Fsp3) is 0.278. The third-order valence-electron chi connectivity index (χ3n) is 4.10. The number of carbonyl (C=O) groups is 1. The molecule has 1 saturated heterocycles. The third-order valence-corrected chi connectivity index (χ3v) is 4.10. The van der Waals surface area contributed by atoms with Gasteiger partial charge in [-0.15, -0.1) is 0 Å². The number of nitrogens with one attached hydrogen (secondary N) is 2. The first-order chi connectivity index (χ1) is 11.5. The number of amides is 1. The molecule has 0 bridgehead atoms. The highest BCUT2D eigenvalue weighted by Gasteiger charge is 2.16. The average Bonchev–Trinajstić information content (AvgIpc) is 2.60. The molecule has 0 saturated carbocycles. The van der Waals surface area contributed by atoms with Gasteiger partial charge in [0.15, 0.2) is 17.5 Å². The fourth-order valence-corrected chi connectivity index (χ4v) is 2.78. The number of carbonyl (C=O) groups excluding carboxylic acids is 1. The molecule has 1 aliphatic rings. The number of benzene rings is 2. The Labute approximate surface area is 137 Å². The van der Waals surface area contributed by atoms with Crippen molar-refractivity contribution in [3.63, 3.8) is 0 Å². The van der Waals surface area contributed by atoms with Gasteiger partial charge in [0, 0.05) is 18.2 Å². The molecule has 0 spiro atoms. The van der Waals surface area contributed by atoms with Crippen molar-refractivity contribution < 1.29 is 18.0 Å². The van der Waals surface area contributed by atoms with Crippen LogP contribution >= 0.6 is 0 Å². The number of hydrogen-bond donors (Lipinski definition) is 2. The van der Waals surface area contributed by atoms with Crippen molar-refractivity contribution >= 4 is 5.91 Å². The van der Waals surface area contributed by atoms with Crippen molar-refractivity contribution in [2.75, 3.05) is 13.1 Å². The zero-order chi connectivity index (χ0) is 17.1. The lowest BCUT2D eigenvalue weighted by Gasteiger charge is -2.23. The van der Waals surface area contributed by atoms with Gasteiger partial charge in [0.2, 0.25) is 0 Å². The summed E-state index contributed by atoms with van der Waals surface area (Å²) in [5, 5.41) is 6.17. The van der Waals surface area contributed by atoms with E-state index in [1.165, 1.54) is 0 Å². The smallest absolute Gasteiger partial charge is 0.251 e. The Bertz CT molecular complexity index is 717. The predicted molar refractivity (Wildman–Crippen MR) is 85.1 cm³/mol. The maximum absolute atomic E-state index is 13.3. The predicted octanol–water partition coefficient (Wildman–Crippen LogP) is 3.25. The standard InChI is InChI=1S/C18H17F3N2O/c19-15-8-13(9-16(20)17(15)21)11-3-5-12(6-4-11)18(24)23-14-2-1-7-22-10-14/h3-6,8-9,14,22H,1-2,7,10H2,(H,23,24). The Morgan fingerprint density at radius 3 is 2.29 bits per heavy atom. The maximum Gasteiger partial charge on any atom is 0.251 e. The van der Waals surface area contributed by atoms with Gasteiger partial charge >= 0.3 is 0 Å². The number of halogens is 3. The lowest BCUT2D eigenvalue weighted by atomic mass is 10.0. The summed E-state index contributed by atoms with van der Waals surface area (Å²) < 4.78 is 39.6. The van der Waals surface area contributed by atoms with Gasteiger partial charge in [-0.1, -0.05) is 12.1 Å². The van der Waals surface area contributed by atoms with Crippen LogP contribution in [0.1, 0.15) is 23.2 Å². The van der Waals surface area contributed by atoms with Gasteiger partial charge in [-0.05, 0) is 54.8 Å². The van der Waals surface area contributed by atoms with Crippen molar-refractivity contribution in [3.8, 4) is 11.1 Å². The number of piperidine rings is 1. The summed E-state index contributed by atoms with van der Waals surface area (Å²) in [7, 11) is 0. The van der Waals surface area contributed by atoms with E-state index >= 15 is 0 Å². The Balaban J connectivity index is 1.74. The van der Waals surface area contributed by atoms with Crippen LogP contribution in [0.4, 0.5) is 13.2 Å². The van der Waals surface area contributed by atoms with Crippen LogP contribution in [0.5, 0.6) is 0 Å².